The zero-order valence-corrected chi connectivity index (χ0v) is 32.3. The molecule has 2 N–H and O–H groups in total. The van der Waals surface area contributed by atoms with E-state index in [4.69, 9.17) is 16.3 Å². The number of nitrogens with one attached hydrogen (secondary N) is 2. The van der Waals surface area contributed by atoms with Gasteiger partial charge in [-0.2, -0.15) is 5.26 Å². The predicted octanol–water partition coefficient (Wildman–Crippen LogP) is 4.13. The second-order valence-corrected chi connectivity index (χ2v) is 17.0. The van der Waals surface area contributed by atoms with Gasteiger partial charge in [0.15, 0.2) is 0 Å². The van der Waals surface area contributed by atoms with Crippen LogP contribution in [-0.2, 0) is 40.4 Å². The van der Waals surface area contributed by atoms with E-state index in [9.17, 15) is 34.0 Å². The molecule has 3 aromatic rings. The number of amides is 6. The first kappa shape index (κ1) is 37.3. The first-order valence-electron chi connectivity index (χ1n) is 18.7. The lowest BCUT2D eigenvalue weighted by Crippen LogP contribution is -2.74. The molecule has 5 aliphatic rings. The van der Waals surface area contributed by atoms with Crippen LogP contribution >= 0.6 is 11.6 Å². The normalized spacial score (nSPS) is 23.4. The van der Waals surface area contributed by atoms with Crippen molar-refractivity contribution < 1.29 is 33.5 Å². The number of carbonyl (C=O) groups is 6. The molecule has 8 rings (SSSR count). The molecule has 288 valence electrons. The van der Waals surface area contributed by atoms with Crippen molar-refractivity contribution in [2.75, 3.05) is 13.1 Å². The van der Waals surface area contributed by atoms with Crippen LogP contribution < -0.4 is 15.4 Å². The first-order chi connectivity index (χ1) is 26.6. The summed E-state index contributed by atoms with van der Waals surface area (Å²) in [6.45, 7) is 10.2. The number of hydrogen-bond donors (Lipinski definition) is 2. The summed E-state index contributed by atoms with van der Waals surface area (Å²) < 4.78 is 6.37. The molecule has 0 radical (unpaired) electrons. The molecular weight excluding hydrogens is 736 g/mol. The Morgan fingerprint density at radius 3 is 2.20 bits per heavy atom. The summed E-state index contributed by atoms with van der Waals surface area (Å²) >= 11 is 6.24. The molecule has 13 nitrogen and oxygen atoms in total. The van der Waals surface area contributed by atoms with Crippen molar-refractivity contribution in [2.45, 2.75) is 84.8 Å². The zero-order chi connectivity index (χ0) is 39.8. The topological polar surface area (TPSA) is 169 Å². The van der Waals surface area contributed by atoms with Crippen molar-refractivity contribution in [1.82, 2.24) is 25.3 Å². The van der Waals surface area contributed by atoms with Crippen LogP contribution in [0.5, 0.6) is 5.75 Å². The van der Waals surface area contributed by atoms with E-state index in [-0.39, 0.29) is 54.5 Å². The zero-order valence-electron chi connectivity index (χ0n) is 31.5. The highest BCUT2D eigenvalue weighted by Crippen LogP contribution is 2.55. The Morgan fingerprint density at radius 1 is 0.893 bits per heavy atom. The summed E-state index contributed by atoms with van der Waals surface area (Å²) in [5.41, 5.74) is 4.25. The summed E-state index contributed by atoms with van der Waals surface area (Å²) in [6, 6.07) is 14.9. The van der Waals surface area contributed by atoms with E-state index >= 15 is 0 Å². The van der Waals surface area contributed by atoms with Gasteiger partial charge in [-0.15, -0.1) is 0 Å². The lowest BCUT2D eigenvalue weighted by molar-refractivity contribution is -0.164. The van der Waals surface area contributed by atoms with Gasteiger partial charge in [0, 0.05) is 61.1 Å². The van der Waals surface area contributed by atoms with Gasteiger partial charge >= 0.3 is 0 Å². The van der Waals surface area contributed by atoms with Crippen molar-refractivity contribution in [3.8, 4) is 11.8 Å². The lowest BCUT2D eigenvalue weighted by Gasteiger charge is -2.63. The number of ether oxygens (including phenoxy) is 1. The van der Waals surface area contributed by atoms with Crippen LogP contribution in [0.4, 0.5) is 0 Å². The molecule has 1 saturated heterocycles. The second kappa shape index (κ2) is 13.6. The van der Waals surface area contributed by atoms with Gasteiger partial charge in [0.1, 0.15) is 24.0 Å². The number of rotatable bonds is 7. The molecule has 3 aromatic carbocycles. The minimum Gasteiger partial charge on any atom is -0.489 e. The molecule has 2 fully saturated rings. The maximum Gasteiger partial charge on any atom is 0.262 e. The van der Waals surface area contributed by atoms with E-state index < -0.39 is 40.5 Å². The van der Waals surface area contributed by atoms with Crippen molar-refractivity contribution in [3.05, 3.63) is 98.1 Å². The molecule has 6 amide bonds. The molecule has 1 saturated carbocycles. The molecule has 4 aliphatic heterocycles. The number of nitrogens with zero attached hydrogens (tertiary/aromatic N) is 4. The molecular formula is C42H41ClN6O7. The third kappa shape index (κ3) is 6.21. The molecule has 14 heteroatoms. The van der Waals surface area contributed by atoms with Crippen LogP contribution in [0, 0.1) is 22.2 Å². The number of fused-ring (bicyclic) bond motifs is 3. The number of piperidine rings is 1. The molecule has 0 spiro atoms. The Bertz CT molecular complexity index is 2250. The van der Waals surface area contributed by atoms with E-state index in [0.717, 1.165) is 27.2 Å². The van der Waals surface area contributed by atoms with Crippen molar-refractivity contribution >= 4 is 47.0 Å². The summed E-state index contributed by atoms with van der Waals surface area (Å²) in [6.07, 6.45) is 0.593. The van der Waals surface area contributed by atoms with Crippen molar-refractivity contribution in [3.63, 3.8) is 0 Å². The third-order valence-corrected chi connectivity index (χ3v) is 12.5. The fourth-order valence-electron chi connectivity index (χ4n) is 9.53. The molecule has 4 heterocycles. The van der Waals surface area contributed by atoms with Gasteiger partial charge in [-0.1, -0.05) is 45.4 Å². The molecule has 0 aromatic heterocycles. The van der Waals surface area contributed by atoms with E-state index in [1.165, 1.54) is 0 Å². The fraction of sp³-hybridized carbons (Fsp3) is 0.405. The van der Waals surface area contributed by atoms with Gasteiger partial charge in [-0.25, -0.2) is 0 Å². The molecule has 56 heavy (non-hydrogen) atoms. The summed E-state index contributed by atoms with van der Waals surface area (Å²) in [5.74, 6) is -1.88. The van der Waals surface area contributed by atoms with E-state index in [1.807, 2.05) is 18.2 Å². The van der Waals surface area contributed by atoms with Crippen LogP contribution in [0.2, 0.25) is 5.02 Å². The highest BCUT2D eigenvalue weighted by Gasteiger charge is 2.64. The maximum atomic E-state index is 13.6. The van der Waals surface area contributed by atoms with E-state index in [1.54, 1.807) is 35.2 Å². The van der Waals surface area contributed by atoms with Gasteiger partial charge in [0.2, 0.25) is 17.7 Å². The second-order valence-electron chi connectivity index (χ2n) is 16.6. The Labute approximate surface area is 328 Å². The monoisotopic (exact) mass is 776 g/mol. The third-order valence-electron chi connectivity index (χ3n) is 12.2. The van der Waals surface area contributed by atoms with Crippen LogP contribution in [0.1, 0.15) is 99.4 Å². The summed E-state index contributed by atoms with van der Waals surface area (Å²) in [7, 11) is 0. The number of hydrogen-bond acceptors (Lipinski definition) is 9. The molecule has 1 unspecified atom stereocenters. The SMILES string of the molecule is CC1(C)[C@H](NC(=O)c2ccc3c(c2)CCN(CC(=O)N2Cc4cc5c(cc4C2)C(=O)N(C2CCC(=O)NC2=O)C5=O)C3)C(C)(C)[C@H]1Oc1ccc(C#N)c(Cl)c1. The van der Waals surface area contributed by atoms with Crippen molar-refractivity contribution in [1.29, 1.82) is 5.26 Å². The maximum absolute atomic E-state index is 13.6. The average molecular weight is 777 g/mol. The fourth-order valence-corrected chi connectivity index (χ4v) is 9.75. The quantitative estimate of drug-likeness (QED) is 0.335. The Kier molecular flexibility index (Phi) is 9.05. The predicted molar refractivity (Wildman–Crippen MR) is 202 cm³/mol. The summed E-state index contributed by atoms with van der Waals surface area (Å²) in [5, 5.41) is 15.0. The number of nitriles is 1. The Balaban J connectivity index is 0.864. The standard InChI is InChI=1S/C42H41ClN6O7/c1-41(2)39(42(3,4)40(41)56-28-8-7-24(17-44)31(43)16-28)46-35(52)23-5-6-25-18-47(12-11-22(25)13-23)21-34(51)48-19-26-14-29-30(15-27(26)20-48)38(55)49(37(29)54)32-9-10-33(50)45-36(32)53/h5-8,13-16,32,39-40H,9-12,18-21H2,1-4H3,(H,46,52)(H,45,50,53)/t32?,39-,40-. The molecule has 0 bridgehead atoms. The van der Waals surface area contributed by atoms with Gasteiger partial charge in [-0.3, -0.25) is 43.9 Å². The van der Waals surface area contributed by atoms with Crippen LogP contribution in [0.15, 0.2) is 48.5 Å². The highest BCUT2D eigenvalue weighted by molar-refractivity contribution is 6.31. The van der Waals surface area contributed by atoms with Gasteiger partial charge in [0.25, 0.3) is 17.7 Å². The first-order valence-corrected chi connectivity index (χ1v) is 19.1. The van der Waals surface area contributed by atoms with Gasteiger partial charge in [0.05, 0.1) is 28.3 Å². The number of carbonyl (C=O) groups excluding carboxylic acids is 6. The Morgan fingerprint density at radius 2 is 1.57 bits per heavy atom. The van der Waals surface area contributed by atoms with Gasteiger partial charge < -0.3 is 15.0 Å². The van der Waals surface area contributed by atoms with E-state index in [2.05, 4.69) is 49.3 Å². The minimum atomic E-state index is -1.03. The summed E-state index contributed by atoms with van der Waals surface area (Å²) in [4.78, 5) is 82.5. The van der Waals surface area contributed by atoms with E-state index in [0.29, 0.717) is 54.5 Å². The largest absolute Gasteiger partial charge is 0.489 e. The van der Waals surface area contributed by atoms with Gasteiger partial charge in [-0.05, 0) is 71.5 Å². The minimum absolute atomic E-state index is 0.0497. The number of halogens is 1. The average Bonchev–Trinajstić information content (AvgIpc) is 3.69. The number of imide groups is 2. The smallest absolute Gasteiger partial charge is 0.262 e. The molecule has 1 atom stereocenters. The van der Waals surface area contributed by atoms with Crippen molar-refractivity contribution in [2.24, 2.45) is 10.8 Å². The lowest BCUT2D eigenvalue weighted by atomic mass is 9.49. The Hall–Kier alpha value is -5.58. The van der Waals surface area contributed by atoms with Crippen LogP contribution in [-0.4, -0.2) is 81.4 Å². The molecule has 1 aliphatic carbocycles. The number of benzene rings is 3. The van der Waals surface area contributed by atoms with Crippen LogP contribution in [0.25, 0.3) is 0 Å². The van der Waals surface area contributed by atoms with Crippen LogP contribution in [0.3, 0.4) is 0 Å². The highest BCUT2D eigenvalue weighted by atomic mass is 35.5.